The lowest BCUT2D eigenvalue weighted by Crippen LogP contribution is -2.30. The number of hydrogen-bond donors (Lipinski definition) is 0. The molecule has 0 bridgehead atoms. The van der Waals surface area contributed by atoms with Crippen LogP contribution in [0.3, 0.4) is 0 Å². The van der Waals surface area contributed by atoms with E-state index in [0.717, 1.165) is 25.0 Å². The molecule has 7 heteroatoms. The first-order valence-corrected chi connectivity index (χ1v) is 6.99. The second-order valence-electron chi connectivity index (χ2n) is 6.20. The lowest BCUT2D eigenvalue weighted by molar-refractivity contribution is -0.137. The maximum Gasteiger partial charge on any atom is 0.416 e. The number of aromatic nitrogens is 3. The van der Waals surface area contributed by atoms with E-state index in [-0.39, 0.29) is 11.5 Å². The fraction of sp³-hybridized carbons (Fsp3) is 0.571. The molecule has 0 atom stereocenters. The van der Waals surface area contributed by atoms with Crippen LogP contribution in [0.1, 0.15) is 31.2 Å². The molecule has 0 saturated heterocycles. The summed E-state index contributed by atoms with van der Waals surface area (Å²) in [5.41, 5.74) is -0.0536. The average Bonchev–Trinajstić information content (AvgIpc) is 3.03. The molecule has 0 N–H and O–H groups in total. The number of rotatable bonds is 3. The summed E-state index contributed by atoms with van der Waals surface area (Å²) in [6.07, 6.45) is 1.66. The first-order valence-electron chi connectivity index (χ1n) is 6.99. The monoisotopic (exact) mass is 297 g/mol. The molecule has 2 saturated carbocycles. The lowest BCUT2D eigenvalue weighted by Gasteiger charge is -2.35. The quantitative estimate of drug-likeness (QED) is 0.872. The number of fused-ring (bicyclic) bond motifs is 1. The van der Waals surface area contributed by atoms with Gasteiger partial charge in [-0.25, -0.2) is 4.98 Å². The predicted octanol–water partition coefficient (Wildman–Crippen LogP) is 3.32. The fourth-order valence-electron chi connectivity index (χ4n) is 3.23. The fourth-order valence-corrected chi connectivity index (χ4v) is 3.23. The third-order valence-electron chi connectivity index (χ3n) is 4.54. The Morgan fingerprint density at radius 1 is 1.29 bits per heavy atom. The van der Waals surface area contributed by atoms with E-state index >= 15 is 0 Å². The van der Waals surface area contributed by atoms with Crippen LogP contribution in [-0.2, 0) is 6.18 Å². The second kappa shape index (κ2) is 4.11. The second-order valence-corrected chi connectivity index (χ2v) is 6.20. The summed E-state index contributed by atoms with van der Waals surface area (Å²) in [6.45, 7) is 0.442. The van der Waals surface area contributed by atoms with Crippen molar-refractivity contribution in [3.63, 3.8) is 0 Å². The molecule has 2 aromatic rings. The van der Waals surface area contributed by atoms with Gasteiger partial charge in [0.05, 0.1) is 12.2 Å². The SMILES string of the molecule is FC(F)(F)c1cc(OCC2CC3(CC3)C2)n2ncnc2c1. The van der Waals surface area contributed by atoms with Gasteiger partial charge in [0.1, 0.15) is 6.33 Å². The van der Waals surface area contributed by atoms with Gasteiger partial charge in [0.25, 0.3) is 0 Å². The Balaban J connectivity index is 1.56. The number of ether oxygens (including phenoxy) is 1. The topological polar surface area (TPSA) is 39.4 Å². The van der Waals surface area contributed by atoms with Gasteiger partial charge in [0.15, 0.2) is 5.65 Å². The number of pyridine rings is 1. The highest BCUT2D eigenvalue weighted by Gasteiger charge is 2.52. The van der Waals surface area contributed by atoms with Crippen LogP contribution in [0.2, 0.25) is 0 Å². The van der Waals surface area contributed by atoms with E-state index in [9.17, 15) is 13.2 Å². The van der Waals surface area contributed by atoms with E-state index < -0.39 is 11.7 Å². The summed E-state index contributed by atoms with van der Waals surface area (Å²) in [7, 11) is 0. The zero-order valence-electron chi connectivity index (χ0n) is 11.2. The molecule has 2 aliphatic carbocycles. The Labute approximate surface area is 118 Å². The van der Waals surface area contributed by atoms with Gasteiger partial charge in [-0.15, -0.1) is 0 Å². The van der Waals surface area contributed by atoms with Crippen molar-refractivity contribution in [2.24, 2.45) is 11.3 Å². The van der Waals surface area contributed by atoms with Gasteiger partial charge < -0.3 is 4.74 Å². The van der Waals surface area contributed by atoms with E-state index in [1.807, 2.05) is 0 Å². The minimum Gasteiger partial charge on any atom is -0.477 e. The van der Waals surface area contributed by atoms with Gasteiger partial charge in [-0.1, -0.05) is 0 Å². The van der Waals surface area contributed by atoms with Crippen molar-refractivity contribution in [3.8, 4) is 5.88 Å². The van der Waals surface area contributed by atoms with E-state index in [2.05, 4.69) is 10.1 Å². The van der Waals surface area contributed by atoms with Crippen molar-refractivity contribution < 1.29 is 17.9 Å². The van der Waals surface area contributed by atoms with Gasteiger partial charge in [0, 0.05) is 6.07 Å². The number of nitrogens with zero attached hydrogens (tertiary/aromatic N) is 3. The van der Waals surface area contributed by atoms with Crippen LogP contribution < -0.4 is 4.74 Å². The normalized spacial score (nSPS) is 20.7. The van der Waals surface area contributed by atoms with Gasteiger partial charge in [-0.05, 0) is 43.1 Å². The summed E-state index contributed by atoms with van der Waals surface area (Å²) in [4.78, 5) is 3.82. The van der Waals surface area contributed by atoms with Crippen molar-refractivity contribution in [2.75, 3.05) is 6.61 Å². The molecule has 2 heterocycles. The zero-order valence-corrected chi connectivity index (χ0v) is 11.2. The Morgan fingerprint density at radius 3 is 2.71 bits per heavy atom. The largest absolute Gasteiger partial charge is 0.477 e. The molecule has 0 amide bonds. The minimum atomic E-state index is -4.42. The van der Waals surface area contributed by atoms with Crippen molar-refractivity contribution in [1.82, 2.24) is 14.6 Å². The van der Waals surface area contributed by atoms with Gasteiger partial charge >= 0.3 is 6.18 Å². The molecule has 4 nitrogen and oxygen atoms in total. The summed E-state index contributed by atoms with van der Waals surface area (Å²) in [5, 5.41) is 3.92. The molecule has 2 fully saturated rings. The van der Waals surface area contributed by atoms with Crippen LogP contribution in [-0.4, -0.2) is 21.2 Å². The van der Waals surface area contributed by atoms with E-state index in [0.29, 0.717) is 17.9 Å². The Hall–Kier alpha value is -1.79. The number of hydrogen-bond acceptors (Lipinski definition) is 3. The van der Waals surface area contributed by atoms with Crippen LogP contribution in [0.5, 0.6) is 5.88 Å². The van der Waals surface area contributed by atoms with Gasteiger partial charge in [-0.2, -0.15) is 22.8 Å². The van der Waals surface area contributed by atoms with Crippen molar-refractivity contribution in [2.45, 2.75) is 31.9 Å². The lowest BCUT2D eigenvalue weighted by atomic mass is 9.72. The van der Waals surface area contributed by atoms with Crippen LogP contribution >= 0.6 is 0 Å². The molecule has 21 heavy (non-hydrogen) atoms. The predicted molar refractivity (Wildman–Crippen MR) is 67.9 cm³/mol. The Morgan fingerprint density at radius 2 is 2.05 bits per heavy atom. The number of halogens is 3. The molecule has 0 aliphatic heterocycles. The highest BCUT2D eigenvalue weighted by Crippen LogP contribution is 2.63. The molecule has 1 spiro atoms. The van der Waals surface area contributed by atoms with Gasteiger partial charge in [-0.3, -0.25) is 0 Å². The van der Waals surface area contributed by atoms with Crippen LogP contribution in [0.25, 0.3) is 5.65 Å². The van der Waals surface area contributed by atoms with E-state index in [1.165, 1.54) is 23.7 Å². The summed E-state index contributed by atoms with van der Waals surface area (Å²) in [6, 6.07) is 1.97. The third kappa shape index (κ3) is 2.24. The maximum atomic E-state index is 12.9. The molecule has 4 rings (SSSR count). The van der Waals surface area contributed by atoms with E-state index in [4.69, 9.17) is 4.74 Å². The molecule has 112 valence electrons. The first kappa shape index (κ1) is 12.9. The molecular formula is C14H14F3N3O. The van der Waals surface area contributed by atoms with Crippen molar-refractivity contribution in [1.29, 1.82) is 0 Å². The zero-order chi connectivity index (χ0) is 14.7. The first-order chi connectivity index (χ1) is 9.95. The molecule has 2 aromatic heterocycles. The summed E-state index contributed by atoms with van der Waals surface area (Å²) < 4.78 is 45.5. The molecule has 0 radical (unpaired) electrons. The van der Waals surface area contributed by atoms with E-state index in [1.54, 1.807) is 0 Å². The van der Waals surface area contributed by atoms with Gasteiger partial charge in [0.2, 0.25) is 5.88 Å². The third-order valence-corrected chi connectivity index (χ3v) is 4.54. The number of alkyl halides is 3. The standard InChI is InChI=1S/C14H14F3N3O/c15-14(16,17)10-3-11-18-8-19-20(11)12(4-10)21-7-9-5-13(6-9)1-2-13/h3-4,8-9H,1-2,5-7H2. The molecule has 0 aromatic carbocycles. The van der Waals surface area contributed by atoms with Crippen LogP contribution in [0.4, 0.5) is 13.2 Å². The summed E-state index contributed by atoms with van der Waals surface area (Å²) >= 11 is 0. The van der Waals surface area contributed by atoms with Crippen molar-refractivity contribution >= 4 is 5.65 Å². The Bertz CT molecular complexity index is 682. The minimum absolute atomic E-state index is 0.106. The highest BCUT2D eigenvalue weighted by molar-refractivity contribution is 5.45. The molecular weight excluding hydrogens is 283 g/mol. The summed E-state index contributed by atoms with van der Waals surface area (Å²) in [5.74, 6) is 0.551. The molecule has 0 unspecified atom stereocenters. The average molecular weight is 297 g/mol. The Kier molecular flexibility index (Phi) is 2.53. The van der Waals surface area contributed by atoms with Crippen LogP contribution in [0.15, 0.2) is 18.5 Å². The highest BCUT2D eigenvalue weighted by atomic mass is 19.4. The van der Waals surface area contributed by atoms with Crippen molar-refractivity contribution in [3.05, 3.63) is 24.0 Å². The maximum absolute atomic E-state index is 12.9. The molecule has 2 aliphatic rings. The smallest absolute Gasteiger partial charge is 0.416 e. The van der Waals surface area contributed by atoms with Crippen LogP contribution in [0, 0.1) is 11.3 Å².